The summed E-state index contributed by atoms with van der Waals surface area (Å²) in [4.78, 5) is 13.6. The molecule has 20 heavy (non-hydrogen) atoms. The Morgan fingerprint density at radius 3 is 3.00 bits per heavy atom. The summed E-state index contributed by atoms with van der Waals surface area (Å²) in [5.41, 5.74) is 7.99. The molecule has 0 radical (unpaired) electrons. The minimum absolute atomic E-state index is 0.164. The van der Waals surface area contributed by atoms with Crippen LogP contribution in [0.2, 0.25) is 0 Å². The molecule has 1 aromatic rings. The zero-order chi connectivity index (χ0) is 14.3. The van der Waals surface area contributed by atoms with E-state index in [0.717, 1.165) is 31.6 Å². The van der Waals surface area contributed by atoms with E-state index in [0.29, 0.717) is 23.6 Å². The van der Waals surface area contributed by atoms with Crippen LogP contribution in [-0.2, 0) is 4.79 Å². The number of nitrogens with two attached hydrogens (primary N) is 1. The van der Waals surface area contributed by atoms with Crippen LogP contribution in [0.15, 0.2) is 12.1 Å². The van der Waals surface area contributed by atoms with Crippen molar-refractivity contribution < 1.29 is 9.18 Å². The summed E-state index contributed by atoms with van der Waals surface area (Å²) in [5, 5.41) is 3.07. The van der Waals surface area contributed by atoms with Gasteiger partial charge in [0.1, 0.15) is 5.82 Å². The lowest BCUT2D eigenvalue weighted by Gasteiger charge is -2.42. The predicted molar refractivity (Wildman–Crippen MR) is 77.0 cm³/mol. The quantitative estimate of drug-likeness (QED) is 0.770. The fourth-order valence-electron chi connectivity index (χ4n) is 3.28. The highest BCUT2D eigenvalue weighted by atomic mass is 19.1. The van der Waals surface area contributed by atoms with E-state index in [1.54, 1.807) is 6.92 Å². The summed E-state index contributed by atoms with van der Waals surface area (Å²) in [6.45, 7) is 3.47. The molecule has 2 heterocycles. The van der Waals surface area contributed by atoms with Gasteiger partial charge in [0.05, 0.1) is 11.4 Å². The van der Waals surface area contributed by atoms with Crippen LogP contribution in [0.1, 0.15) is 24.8 Å². The average Bonchev–Trinajstić information content (AvgIpc) is 2.42. The number of fused-ring (bicyclic) bond motifs is 1. The molecule has 0 spiro atoms. The minimum Gasteiger partial charge on any atom is -0.397 e. The number of hydrogen-bond donors (Lipinski definition) is 2. The Bertz CT molecular complexity index is 546. The second-order valence-corrected chi connectivity index (χ2v) is 5.87. The molecular formula is C15H20FN3O. The Morgan fingerprint density at radius 2 is 2.20 bits per heavy atom. The molecule has 0 saturated carbocycles. The highest BCUT2D eigenvalue weighted by Crippen LogP contribution is 2.32. The summed E-state index contributed by atoms with van der Waals surface area (Å²) in [7, 11) is 0. The van der Waals surface area contributed by atoms with Gasteiger partial charge in [-0.3, -0.25) is 4.79 Å². The number of rotatable bonds is 1. The van der Waals surface area contributed by atoms with Gasteiger partial charge in [0, 0.05) is 25.6 Å². The van der Waals surface area contributed by atoms with E-state index in [1.807, 2.05) is 6.07 Å². The lowest BCUT2D eigenvalue weighted by Crippen LogP contribution is -2.54. The third kappa shape index (κ3) is 2.32. The Balaban J connectivity index is 1.80. The maximum atomic E-state index is 13.5. The van der Waals surface area contributed by atoms with E-state index in [9.17, 15) is 9.18 Å². The highest BCUT2D eigenvalue weighted by molar-refractivity contribution is 5.77. The Kier molecular flexibility index (Phi) is 3.28. The fourth-order valence-corrected chi connectivity index (χ4v) is 3.28. The summed E-state index contributed by atoms with van der Waals surface area (Å²) < 4.78 is 13.5. The van der Waals surface area contributed by atoms with Crippen molar-refractivity contribution in [2.24, 2.45) is 5.92 Å². The van der Waals surface area contributed by atoms with Crippen LogP contribution in [0, 0.1) is 18.7 Å². The molecule has 3 N–H and O–H groups in total. The van der Waals surface area contributed by atoms with Crippen molar-refractivity contribution in [1.82, 2.24) is 5.32 Å². The number of nitrogens with one attached hydrogen (secondary N) is 1. The molecule has 5 heteroatoms. The highest BCUT2D eigenvalue weighted by Gasteiger charge is 2.34. The first-order valence-electron chi connectivity index (χ1n) is 7.14. The van der Waals surface area contributed by atoms with E-state index < -0.39 is 0 Å². The zero-order valence-corrected chi connectivity index (χ0v) is 11.7. The molecule has 2 aliphatic heterocycles. The topological polar surface area (TPSA) is 58.4 Å². The molecule has 2 saturated heterocycles. The number of aryl methyl sites for hydroxylation is 1. The monoisotopic (exact) mass is 277 g/mol. The number of anilines is 2. The van der Waals surface area contributed by atoms with Crippen molar-refractivity contribution in [1.29, 1.82) is 0 Å². The number of nitrogens with zero attached hydrogens (tertiary/aromatic N) is 1. The Morgan fingerprint density at radius 1 is 1.40 bits per heavy atom. The van der Waals surface area contributed by atoms with Gasteiger partial charge in [-0.15, -0.1) is 0 Å². The van der Waals surface area contributed by atoms with E-state index in [2.05, 4.69) is 10.2 Å². The second-order valence-electron chi connectivity index (χ2n) is 5.87. The summed E-state index contributed by atoms with van der Waals surface area (Å²) in [6, 6.07) is 3.52. The van der Waals surface area contributed by atoms with Crippen LogP contribution in [0.25, 0.3) is 0 Å². The van der Waals surface area contributed by atoms with Crippen LogP contribution < -0.4 is 16.0 Å². The maximum absolute atomic E-state index is 13.5. The standard InChI is InChI=1S/C15H20FN3O/c1-9-6-14(12(17)7-11(9)16)19-5-4-13-10(8-19)2-3-15(20)18-13/h6-7,10,13H,2-5,8,17H2,1H3,(H,18,20). The minimum atomic E-state index is -0.258. The number of hydrogen-bond acceptors (Lipinski definition) is 3. The number of carbonyl (C=O) groups excluding carboxylic acids is 1. The van der Waals surface area contributed by atoms with Crippen molar-refractivity contribution in [2.45, 2.75) is 32.2 Å². The van der Waals surface area contributed by atoms with E-state index in [-0.39, 0.29) is 17.8 Å². The van der Waals surface area contributed by atoms with Crippen LogP contribution >= 0.6 is 0 Å². The molecular weight excluding hydrogens is 257 g/mol. The lowest BCUT2D eigenvalue weighted by atomic mass is 9.85. The molecule has 1 amide bonds. The fraction of sp³-hybridized carbons (Fsp3) is 0.533. The largest absolute Gasteiger partial charge is 0.397 e. The Hall–Kier alpha value is -1.78. The smallest absolute Gasteiger partial charge is 0.220 e. The normalized spacial score (nSPS) is 26.1. The average molecular weight is 277 g/mol. The van der Waals surface area contributed by atoms with Gasteiger partial charge in [-0.05, 0) is 43.4 Å². The van der Waals surface area contributed by atoms with Gasteiger partial charge >= 0.3 is 0 Å². The SMILES string of the molecule is Cc1cc(N2CCC3NC(=O)CCC3C2)c(N)cc1F. The number of nitrogen functional groups attached to an aromatic ring is 1. The zero-order valence-electron chi connectivity index (χ0n) is 11.7. The molecule has 0 aromatic heterocycles. The summed E-state index contributed by atoms with van der Waals surface area (Å²) in [5.74, 6) is 0.370. The third-order valence-corrected chi connectivity index (χ3v) is 4.47. The van der Waals surface area contributed by atoms with Crippen molar-refractivity contribution in [2.75, 3.05) is 23.7 Å². The van der Waals surface area contributed by atoms with Crippen LogP contribution in [-0.4, -0.2) is 25.0 Å². The number of benzene rings is 1. The van der Waals surface area contributed by atoms with E-state index >= 15 is 0 Å². The number of carbonyl (C=O) groups is 1. The first-order valence-corrected chi connectivity index (χ1v) is 7.14. The lowest BCUT2D eigenvalue weighted by molar-refractivity contribution is -0.124. The van der Waals surface area contributed by atoms with Crippen molar-refractivity contribution >= 4 is 17.3 Å². The molecule has 0 bridgehead atoms. The van der Waals surface area contributed by atoms with Crippen LogP contribution in [0.4, 0.5) is 15.8 Å². The molecule has 2 aliphatic rings. The van der Waals surface area contributed by atoms with Crippen LogP contribution in [0.5, 0.6) is 0 Å². The van der Waals surface area contributed by atoms with Crippen molar-refractivity contribution in [3.8, 4) is 0 Å². The predicted octanol–water partition coefficient (Wildman–Crippen LogP) is 1.82. The molecule has 3 rings (SSSR count). The third-order valence-electron chi connectivity index (χ3n) is 4.47. The first-order chi connectivity index (χ1) is 9.54. The molecule has 0 aliphatic carbocycles. The van der Waals surface area contributed by atoms with Gasteiger partial charge in [0.15, 0.2) is 0 Å². The number of amides is 1. The molecule has 2 fully saturated rings. The van der Waals surface area contributed by atoms with Gasteiger partial charge in [-0.2, -0.15) is 0 Å². The molecule has 108 valence electrons. The number of halogens is 1. The van der Waals surface area contributed by atoms with Crippen LogP contribution in [0.3, 0.4) is 0 Å². The maximum Gasteiger partial charge on any atom is 0.220 e. The van der Waals surface area contributed by atoms with Gasteiger partial charge in [-0.25, -0.2) is 4.39 Å². The molecule has 2 atom stereocenters. The van der Waals surface area contributed by atoms with E-state index in [1.165, 1.54) is 6.07 Å². The molecule has 2 unspecified atom stereocenters. The van der Waals surface area contributed by atoms with E-state index in [4.69, 9.17) is 5.73 Å². The van der Waals surface area contributed by atoms with Gasteiger partial charge in [0.25, 0.3) is 0 Å². The molecule has 1 aromatic carbocycles. The summed E-state index contributed by atoms with van der Waals surface area (Å²) >= 11 is 0. The van der Waals surface area contributed by atoms with Gasteiger partial charge in [-0.1, -0.05) is 0 Å². The molecule has 4 nitrogen and oxygen atoms in total. The number of piperidine rings is 2. The Labute approximate surface area is 118 Å². The first kappa shape index (κ1) is 13.2. The van der Waals surface area contributed by atoms with Gasteiger partial charge in [0.2, 0.25) is 5.91 Å². The van der Waals surface area contributed by atoms with Crippen molar-refractivity contribution in [3.63, 3.8) is 0 Å². The summed E-state index contributed by atoms with van der Waals surface area (Å²) in [6.07, 6.45) is 2.45. The second kappa shape index (κ2) is 4.96. The van der Waals surface area contributed by atoms with Crippen molar-refractivity contribution in [3.05, 3.63) is 23.5 Å². The van der Waals surface area contributed by atoms with Gasteiger partial charge < -0.3 is 16.0 Å².